The number of amides is 1. The number of nitrogens with one attached hydrogen (secondary N) is 1. The van der Waals surface area contributed by atoms with Crippen LogP contribution in [-0.4, -0.2) is 58.8 Å². The highest BCUT2D eigenvalue weighted by molar-refractivity contribution is 5.77. The van der Waals surface area contributed by atoms with E-state index in [0.717, 1.165) is 11.3 Å². The number of rotatable bonds is 8. The standard InChI is InChI=1S/C15H25N3O2/c1-17(2)14-7-5-13(6-8-14)12-18(3)15(19)11-16-9-10-20-4/h5-8,16H,9-12H2,1-4H3. The lowest BCUT2D eigenvalue weighted by Gasteiger charge is -2.18. The first-order valence-electron chi connectivity index (χ1n) is 6.74. The quantitative estimate of drug-likeness (QED) is 0.720. The second kappa shape index (κ2) is 8.55. The van der Waals surface area contributed by atoms with Gasteiger partial charge in [0.15, 0.2) is 0 Å². The van der Waals surface area contributed by atoms with Gasteiger partial charge in [-0.15, -0.1) is 0 Å². The van der Waals surface area contributed by atoms with Gasteiger partial charge in [0.05, 0.1) is 13.2 Å². The normalized spacial score (nSPS) is 10.4. The van der Waals surface area contributed by atoms with Crippen LogP contribution in [-0.2, 0) is 16.1 Å². The predicted molar refractivity (Wildman–Crippen MR) is 82.0 cm³/mol. The molecule has 112 valence electrons. The van der Waals surface area contributed by atoms with Crippen molar-refractivity contribution in [1.29, 1.82) is 0 Å². The number of carbonyl (C=O) groups is 1. The Hall–Kier alpha value is -1.59. The molecule has 1 aromatic rings. The highest BCUT2D eigenvalue weighted by atomic mass is 16.5. The molecule has 1 amide bonds. The summed E-state index contributed by atoms with van der Waals surface area (Å²) >= 11 is 0. The number of benzene rings is 1. The molecule has 0 spiro atoms. The molecule has 0 atom stereocenters. The third-order valence-corrected chi connectivity index (χ3v) is 3.06. The third-order valence-electron chi connectivity index (χ3n) is 3.06. The highest BCUT2D eigenvalue weighted by Gasteiger charge is 2.08. The van der Waals surface area contributed by atoms with Crippen LogP contribution in [0.2, 0.25) is 0 Å². The first-order chi connectivity index (χ1) is 9.54. The maximum Gasteiger partial charge on any atom is 0.236 e. The molecule has 0 fully saturated rings. The summed E-state index contributed by atoms with van der Waals surface area (Å²) in [5.41, 5.74) is 2.28. The topological polar surface area (TPSA) is 44.8 Å². The molecule has 0 aliphatic heterocycles. The Balaban J connectivity index is 2.40. The molecule has 0 aromatic heterocycles. The first-order valence-corrected chi connectivity index (χ1v) is 6.74. The van der Waals surface area contributed by atoms with Gasteiger partial charge in [0.25, 0.3) is 0 Å². The van der Waals surface area contributed by atoms with Gasteiger partial charge in [0, 0.05) is 47.0 Å². The van der Waals surface area contributed by atoms with Crippen molar-refractivity contribution >= 4 is 11.6 Å². The average molecular weight is 279 g/mol. The highest BCUT2D eigenvalue weighted by Crippen LogP contribution is 2.13. The number of carbonyl (C=O) groups excluding carboxylic acids is 1. The lowest BCUT2D eigenvalue weighted by molar-refractivity contribution is -0.129. The van der Waals surface area contributed by atoms with Gasteiger partial charge in [-0.1, -0.05) is 12.1 Å². The second-order valence-electron chi connectivity index (χ2n) is 4.98. The van der Waals surface area contributed by atoms with Crippen molar-refractivity contribution < 1.29 is 9.53 Å². The van der Waals surface area contributed by atoms with Crippen molar-refractivity contribution in [2.75, 3.05) is 52.8 Å². The minimum absolute atomic E-state index is 0.0813. The van der Waals surface area contributed by atoms with E-state index in [2.05, 4.69) is 34.5 Å². The van der Waals surface area contributed by atoms with Crippen molar-refractivity contribution in [3.05, 3.63) is 29.8 Å². The number of methoxy groups -OCH3 is 1. The number of nitrogens with zero attached hydrogens (tertiary/aromatic N) is 2. The van der Waals surface area contributed by atoms with Gasteiger partial charge in [-0.05, 0) is 17.7 Å². The Morgan fingerprint density at radius 2 is 1.85 bits per heavy atom. The van der Waals surface area contributed by atoms with E-state index < -0.39 is 0 Å². The molecule has 0 radical (unpaired) electrons. The summed E-state index contributed by atoms with van der Waals surface area (Å²) in [6.45, 7) is 2.27. The van der Waals surface area contributed by atoms with Gasteiger partial charge in [-0.3, -0.25) is 4.79 Å². The summed E-state index contributed by atoms with van der Waals surface area (Å²) in [6.07, 6.45) is 0. The minimum atomic E-state index is 0.0813. The Bertz CT molecular complexity index is 404. The van der Waals surface area contributed by atoms with Crippen molar-refractivity contribution in [2.24, 2.45) is 0 Å². The van der Waals surface area contributed by atoms with Crippen molar-refractivity contribution in [3.63, 3.8) is 0 Å². The van der Waals surface area contributed by atoms with Crippen molar-refractivity contribution in [2.45, 2.75) is 6.54 Å². The summed E-state index contributed by atoms with van der Waals surface area (Å²) < 4.78 is 4.92. The van der Waals surface area contributed by atoms with Crippen LogP contribution in [0.3, 0.4) is 0 Å². The molecule has 0 saturated heterocycles. The first kappa shape index (κ1) is 16.5. The maximum atomic E-state index is 11.9. The van der Waals surface area contributed by atoms with Crippen LogP contribution in [0.5, 0.6) is 0 Å². The van der Waals surface area contributed by atoms with Crippen molar-refractivity contribution in [1.82, 2.24) is 10.2 Å². The van der Waals surface area contributed by atoms with Crippen LogP contribution in [0.4, 0.5) is 5.69 Å². The molecule has 20 heavy (non-hydrogen) atoms. The molecule has 0 saturated carbocycles. The van der Waals surface area contributed by atoms with Gasteiger partial charge in [0.2, 0.25) is 5.91 Å². The van der Waals surface area contributed by atoms with E-state index in [1.165, 1.54) is 0 Å². The lowest BCUT2D eigenvalue weighted by Crippen LogP contribution is -2.36. The minimum Gasteiger partial charge on any atom is -0.383 e. The number of likely N-dealkylation sites (N-methyl/N-ethyl adjacent to an activating group) is 1. The van der Waals surface area contributed by atoms with Gasteiger partial charge in [0.1, 0.15) is 0 Å². The zero-order chi connectivity index (χ0) is 15.0. The molecule has 0 aliphatic rings. The van der Waals surface area contributed by atoms with Crippen LogP contribution < -0.4 is 10.2 Å². The summed E-state index contributed by atoms with van der Waals surface area (Å²) in [6, 6.07) is 8.23. The van der Waals surface area contributed by atoms with E-state index in [4.69, 9.17) is 4.74 Å². The van der Waals surface area contributed by atoms with E-state index in [1.54, 1.807) is 12.0 Å². The van der Waals surface area contributed by atoms with Crippen LogP contribution in [0.1, 0.15) is 5.56 Å². The summed E-state index contributed by atoms with van der Waals surface area (Å²) in [5.74, 6) is 0.0813. The Labute approximate surface area is 121 Å². The van der Waals surface area contributed by atoms with E-state index in [0.29, 0.717) is 26.2 Å². The number of hydrogen-bond donors (Lipinski definition) is 1. The molecule has 0 heterocycles. The van der Waals surface area contributed by atoms with E-state index in [1.807, 2.05) is 21.1 Å². The van der Waals surface area contributed by atoms with Gasteiger partial charge in [-0.25, -0.2) is 0 Å². The molecule has 5 heteroatoms. The van der Waals surface area contributed by atoms with E-state index >= 15 is 0 Å². The Kier molecular flexibility index (Phi) is 7.04. The maximum absolute atomic E-state index is 11.9. The summed E-state index contributed by atoms with van der Waals surface area (Å²) in [5, 5.41) is 3.05. The van der Waals surface area contributed by atoms with Gasteiger partial charge in [-0.2, -0.15) is 0 Å². The van der Waals surface area contributed by atoms with Gasteiger partial charge >= 0.3 is 0 Å². The largest absolute Gasteiger partial charge is 0.383 e. The molecular weight excluding hydrogens is 254 g/mol. The average Bonchev–Trinajstić information content (AvgIpc) is 2.44. The van der Waals surface area contributed by atoms with Crippen LogP contribution >= 0.6 is 0 Å². The molecule has 0 aliphatic carbocycles. The fraction of sp³-hybridized carbons (Fsp3) is 0.533. The van der Waals surface area contributed by atoms with Crippen LogP contribution in [0.25, 0.3) is 0 Å². The lowest BCUT2D eigenvalue weighted by atomic mass is 10.2. The number of hydrogen-bond acceptors (Lipinski definition) is 4. The second-order valence-corrected chi connectivity index (χ2v) is 4.98. The predicted octanol–water partition coefficient (Wildman–Crippen LogP) is 0.947. The summed E-state index contributed by atoms with van der Waals surface area (Å²) in [7, 11) is 7.49. The molecule has 5 nitrogen and oxygen atoms in total. The molecule has 0 unspecified atom stereocenters. The molecular formula is C15H25N3O2. The van der Waals surface area contributed by atoms with E-state index in [9.17, 15) is 4.79 Å². The molecule has 1 aromatic carbocycles. The molecule has 1 N–H and O–H groups in total. The van der Waals surface area contributed by atoms with E-state index in [-0.39, 0.29) is 5.91 Å². The SMILES string of the molecule is COCCNCC(=O)N(C)Cc1ccc(N(C)C)cc1. The Morgan fingerprint density at radius 1 is 1.20 bits per heavy atom. The fourth-order valence-corrected chi connectivity index (χ4v) is 1.77. The smallest absolute Gasteiger partial charge is 0.236 e. The van der Waals surface area contributed by atoms with Crippen molar-refractivity contribution in [3.8, 4) is 0 Å². The Morgan fingerprint density at radius 3 is 2.40 bits per heavy atom. The molecule has 1 rings (SSSR count). The fourth-order valence-electron chi connectivity index (χ4n) is 1.77. The number of anilines is 1. The zero-order valence-electron chi connectivity index (χ0n) is 12.8. The summed E-state index contributed by atoms with van der Waals surface area (Å²) in [4.78, 5) is 15.7. The van der Waals surface area contributed by atoms with Gasteiger partial charge < -0.3 is 19.9 Å². The third kappa shape index (κ3) is 5.59. The zero-order valence-corrected chi connectivity index (χ0v) is 12.8. The van der Waals surface area contributed by atoms with Crippen LogP contribution in [0.15, 0.2) is 24.3 Å². The molecule has 0 bridgehead atoms. The number of ether oxygens (including phenoxy) is 1. The van der Waals surface area contributed by atoms with Crippen LogP contribution in [0, 0.1) is 0 Å². The monoisotopic (exact) mass is 279 g/mol.